The first-order valence-corrected chi connectivity index (χ1v) is 5.62. The Morgan fingerprint density at radius 2 is 1.94 bits per heavy atom. The van der Waals surface area contributed by atoms with Gasteiger partial charge in [-0.2, -0.15) is 13.2 Å². The van der Waals surface area contributed by atoms with Crippen molar-refractivity contribution >= 4 is 0 Å². The van der Waals surface area contributed by atoms with Crippen molar-refractivity contribution in [1.29, 1.82) is 0 Å². The molecule has 1 aromatic rings. The first kappa shape index (κ1) is 12.2. The van der Waals surface area contributed by atoms with Gasteiger partial charge in [0.1, 0.15) is 11.4 Å². The summed E-state index contributed by atoms with van der Waals surface area (Å²) in [6, 6.07) is 2.35. The number of alkyl halides is 3. The predicted molar refractivity (Wildman–Crippen MR) is 57.0 cm³/mol. The average molecular weight is 245 g/mol. The molecule has 2 rings (SSSR count). The van der Waals surface area contributed by atoms with Gasteiger partial charge in [0.25, 0.3) is 0 Å². The molecular formula is C12H14F3NO. The minimum Gasteiger partial charge on any atom is -0.489 e. The number of hydrogen-bond donors (Lipinski definition) is 0. The van der Waals surface area contributed by atoms with Crippen molar-refractivity contribution in [1.82, 2.24) is 4.98 Å². The molecule has 17 heavy (non-hydrogen) atoms. The lowest BCUT2D eigenvalue weighted by molar-refractivity contribution is -0.141. The van der Waals surface area contributed by atoms with Crippen LogP contribution in [-0.4, -0.2) is 11.1 Å². The number of ether oxygens (including phenoxy) is 1. The Morgan fingerprint density at radius 3 is 2.41 bits per heavy atom. The van der Waals surface area contributed by atoms with Gasteiger partial charge in [0.2, 0.25) is 0 Å². The third-order valence-corrected chi connectivity index (χ3v) is 2.54. The van der Waals surface area contributed by atoms with E-state index in [0.717, 1.165) is 18.9 Å². The van der Waals surface area contributed by atoms with E-state index in [4.69, 9.17) is 4.74 Å². The fourth-order valence-corrected chi connectivity index (χ4v) is 1.50. The smallest absolute Gasteiger partial charge is 0.433 e. The van der Waals surface area contributed by atoms with E-state index in [1.54, 1.807) is 0 Å². The molecule has 1 saturated carbocycles. The van der Waals surface area contributed by atoms with E-state index in [-0.39, 0.29) is 12.0 Å². The third kappa shape index (κ3) is 2.90. The Balaban J connectivity index is 2.33. The summed E-state index contributed by atoms with van der Waals surface area (Å²) in [6.07, 6.45) is -2.30. The Bertz CT molecular complexity index is 411. The lowest BCUT2D eigenvalue weighted by Gasteiger charge is -2.15. The van der Waals surface area contributed by atoms with Crippen molar-refractivity contribution in [2.75, 3.05) is 0 Å². The summed E-state index contributed by atoms with van der Waals surface area (Å²) < 4.78 is 43.2. The number of halogens is 3. The first-order chi connectivity index (χ1) is 7.88. The Labute approximate surface area is 97.8 Å². The van der Waals surface area contributed by atoms with Gasteiger partial charge in [-0.25, -0.2) is 4.98 Å². The van der Waals surface area contributed by atoms with Crippen molar-refractivity contribution in [3.8, 4) is 5.75 Å². The van der Waals surface area contributed by atoms with Crippen molar-refractivity contribution in [2.24, 2.45) is 0 Å². The van der Waals surface area contributed by atoms with Crippen LogP contribution < -0.4 is 4.74 Å². The van der Waals surface area contributed by atoms with Gasteiger partial charge >= 0.3 is 6.18 Å². The van der Waals surface area contributed by atoms with Gasteiger partial charge in [-0.1, -0.05) is 13.8 Å². The minimum absolute atomic E-state index is 0.0916. The molecule has 0 radical (unpaired) electrons. The molecule has 1 aliphatic rings. The SMILES string of the molecule is CC(C)c1nc(C(F)(F)F)ccc1OC1CC1. The summed E-state index contributed by atoms with van der Waals surface area (Å²) in [5.74, 6) is 0.390. The molecule has 0 amide bonds. The minimum atomic E-state index is -4.40. The highest BCUT2D eigenvalue weighted by atomic mass is 19.4. The van der Waals surface area contributed by atoms with Crippen LogP contribution in [0.15, 0.2) is 12.1 Å². The molecule has 0 bridgehead atoms. The maximum Gasteiger partial charge on any atom is 0.433 e. The highest BCUT2D eigenvalue weighted by Gasteiger charge is 2.34. The largest absolute Gasteiger partial charge is 0.489 e. The highest BCUT2D eigenvalue weighted by Crippen LogP contribution is 2.35. The van der Waals surface area contributed by atoms with Crippen LogP contribution in [0.4, 0.5) is 13.2 Å². The third-order valence-electron chi connectivity index (χ3n) is 2.54. The molecule has 1 aromatic heterocycles. The molecule has 1 fully saturated rings. The molecule has 0 N–H and O–H groups in total. The molecule has 0 aliphatic heterocycles. The van der Waals surface area contributed by atoms with Crippen molar-refractivity contribution < 1.29 is 17.9 Å². The molecule has 2 nitrogen and oxygen atoms in total. The molecule has 1 heterocycles. The molecule has 0 unspecified atom stereocenters. The van der Waals surface area contributed by atoms with E-state index >= 15 is 0 Å². The quantitative estimate of drug-likeness (QED) is 0.808. The first-order valence-electron chi connectivity index (χ1n) is 5.62. The average Bonchev–Trinajstić information content (AvgIpc) is 3.00. The van der Waals surface area contributed by atoms with Gasteiger partial charge in [-0.05, 0) is 30.9 Å². The fourth-order valence-electron chi connectivity index (χ4n) is 1.50. The fraction of sp³-hybridized carbons (Fsp3) is 0.583. The van der Waals surface area contributed by atoms with Crippen LogP contribution in [0, 0.1) is 0 Å². The van der Waals surface area contributed by atoms with Gasteiger partial charge in [0.05, 0.1) is 11.8 Å². The van der Waals surface area contributed by atoms with Crippen LogP contribution in [0.5, 0.6) is 5.75 Å². The van der Waals surface area contributed by atoms with E-state index in [1.165, 1.54) is 6.07 Å². The summed E-state index contributed by atoms with van der Waals surface area (Å²) in [5.41, 5.74) is -0.476. The Kier molecular flexibility index (Phi) is 3.02. The molecule has 5 heteroatoms. The standard InChI is InChI=1S/C12H14F3NO/c1-7(2)11-9(17-8-3-4-8)5-6-10(16-11)12(13,14)15/h5-8H,3-4H2,1-2H3. The zero-order valence-electron chi connectivity index (χ0n) is 9.71. The second kappa shape index (κ2) is 4.20. The van der Waals surface area contributed by atoms with E-state index in [9.17, 15) is 13.2 Å². The molecule has 0 atom stereocenters. The number of aromatic nitrogens is 1. The van der Waals surface area contributed by atoms with Gasteiger partial charge in [-0.15, -0.1) is 0 Å². The van der Waals surface area contributed by atoms with Gasteiger partial charge in [0.15, 0.2) is 0 Å². The second-order valence-corrected chi connectivity index (χ2v) is 4.55. The number of hydrogen-bond acceptors (Lipinski definition) is 2. The molecule has 0 spiro atoms. The monoisotopic (exact) mass is 245 g/mol. The number of nitrogens with zero attached hydrogens (tertiary/aromatic N) is 1. The Morgan fingerprint density at radius 1 is 1.29 bits per heavy atom. The van der Waals surface area contributed by atoms with Crippen molar-refractivity contribution in [2.45, 2.75) is 44.9 Å². The summed E-state index contributed by atoms with van der Waals surface area (Å²) in [4.78, 5) is 3.67. The lowest BCUT2D eigenvalue weighted by atomic mass is 10.1. The second-order valence-electron chi connectivity index (χ2n) is 4.55. The maximum absolute atomic E-state index is 12.5. The topological polar surface area (TPSA) is 22.1 Å². The summed E-state index contributed by atoms with van der Waals surface area (Å²) >= 11 is 0. The van der Waals surface area contributed by atoms with Crippen LogP contribution in [0.3, 0.4) is 0 Å². The van der Waals surface area contributed by atoms with Crippen LogP contribution >= 0.6 is 0 Å². The van der Waals surface area contributed by atoms with Crippen LogP contribution in [-0.2, 0) is 6.18 Å². The maximum atomic E-state index is 12.5. The lowest BCUT2D eigenvalue weighted by Crippen LogP contribution is -2.11. The summed E-state index contributed by atoms with van der Waals surface area (Å²) in [6.45, 7) is 3.62. The van der Waals surface area contributed by atoms with Crippen molar-refractivity contribution in [3.63, 3.8) is 0 Å². The summed E-state index contributed by atoms with van der Waals surface area (Å²) in [7, 11) is 0. The van der Waals surface area contributed by atoms with E-state index in [0.29, 0.717) is 11.4 Å². The molecular weight excluding hydrogens is 231 g/mol. The zero-order chi connectivity index (χ0) is 12.6. The van der Waals surface area contributed by atoms with Gasteiger partial charge in [0, 0.05) is 0 Å². The highest BCUT2D eigenvalue weighted by molar-refractivity contribution is 5.33. The van der Waals surface area contributed by atoms with E-state index in [1.807, 2.05) is 13.8 Å². The predicted octanol–water partition coefficient (Wildman–Crippen LogP) is 3.77. The Hall–Kier alpha value is -1.26. The number of rotatable bonds is 3. The molecule has 94 valence electrons. The van der Waals surface area contributed by atoms with Crippen LogP contribution in [0.1, 0.15) is 44.0 Å². The van der Waals surface area contributed by atoms with E-state index in [2.05, 4.69) is 4.98 Å². The zero-order valence-corrected chi connectivity index (χ0v) is 9.71. The molecule has 0 saturated heterocycles. The van der Waals surface area contributed by atoms with E-state index < -0.39 is 11.9 Å². The van der Waals surface area contributed by atoms with Gasteiger partial charge in [-0.3, -0.25) is 0 Å². The number of pyridine rings is 1. The van der Waals surface area contributed by atoms with Crippen LogP contribution in [0.2, 0.25) is 0 Å². The molecule has 1 aliphatic carbocycles. The molecule has 0 aromatic carbocycles. The van der Waals surface area contributed by atoms with Crippen molar-refractivity contribution in [3.05, 3.63) is 23.5 Å². The van der Waals surface area contributed by atoms with Crippen LogP contribution in [0.25, 0.3) is 0 Å². The summed E-state index contributed by atoms with van der Waals surface area (Å²) in [5, 5.41) is 0. The normalized spacial score (nSPS) is 16.4. The van der Waals surface area contributed by atoms with Gasteiger partial charge < -0.3 is 4.74 Å².